The molecule has 3 aromatic rings. The van der Waals surface area contributed by atoms with Crippen LogP contribution in [0.3, 0.4) is 0 Å². The van der Waals surface area contributed by atoms with Crippen molar-refractivity contribution in [1.29, 1.82) is 0 Å². The van der Waals surface area contributed by atoms with Gasteiger partial charge in [-0.15, -0.1) is 10.2 Å². The predicted octanol–water partition coefficient (Wildman–Crippen LogP) is 4.47. The monoisotopic (exact) mass is 438 g/mol. The molecule has 28 heavy (non-hydrogen) atoms. The van der Waals surface area contributed by atoms with Crippen molar-refractivity contribution in [2.24, 2.45) is 0 Å². The zero-order valence-corrected chi connectivity index (χ0v) is 17.1. The highest BCUT2D eigenvalue weighted by atomic mass is 35.5. The molecule has 1 amide bonds. The van der Waals surface area contributed by atoms with Gasteiger partial charge < -0.3 is 9.64 Å². The van der Waals surface area contributed by atoms with Crippen LogP contribution in [0.1, 0.15) is 24.6 Å². The molecule has 1 aliphatic rings. The Kier molecular flexibility index (Phi) is 5.62. The molecular formula is C19H17Cl3N4O2. The molecule has 0 bridgehead atoms. The molecule has 9 heteroatoms. The molecule has 1 saturated heterocycles. The summed E-state index contributed by atoms with van der Waals surface area (Å²) >= 11 is 18.0. The van der Waals surface area contributed by atoms with E-state index in [4.69, 9.17) is 39.5 Å². The summed E-state index contributed by atoms with van der Waals surface area (Å²) in [6.45, 7) is 1.14. The number of amides is 1. The number of hydrogen-bond donors (Lipinski definition) is 0. The number of pyridine rings is 1. The van der Waals surface area contributed by atoms with Crippen molar-refractivity contribution in [3.05, 3.63) is 57.4 Å². The molecule has 0 spiro atoms. The largest absolute Gasteiger partial charge is 0.482 e. The van der Waals surface area contributed by atoms with Gasteiger partial charge in [0.05, 0.1) is 15.1 Å². The maximum atomic E-state index is 12.7. The summed E-state index contributed by atoms with van der Waals surface area (Å²) in [4.78, 5) is 14.5. The van der Waals surface area contributed by atoms with Crippen LogP contribution >= 0.6 is 34.8 Å². The molecule has 0 radical (unpaired) electrons. The first kappa shape index (κ1) is 19.3. The summed E-state index contributed by atoms with van der Waals surface area (Å²) in [5, 5.41) is 9.52. The van der Waals surface area contributed by atoms with E-state index in [2.05, 4.69) is 10.2 Å². The van der Waals surface area contributed by atoms with Crippen LogP contribution in [0.25, 0.3) is 5.65 Å². The lowest BCUT2D eigenvalue weighted by Gasteiger charge is -2.32. The average molecular weight is 440 g/mol. The molecule has 3 heterocycles. The topological polar surface area (TPSA) is 59.7 Å². The number of halogens is 3. The first-order valence-electron chi connectivity index (χ1n) is 8.87. The highest BCUT2D eigenvalue weighted by molar-refractivity contribution is 6.43. The number of piperidine rings is 1. The zero-order chi connectivity index (χ0) is 19.7. The summed E-state index contributed by atoms with van der Waals surface area (Å²) in [7, 11) is 0. The fraction of sp³-hybridized carbons (Fsp3) is 0.316. The van der Waals surface area contributed by atoms with Crippen LogP contribution in [0.4, 0.5) is 0 Å². The van der Waals surface area contributed by atoms with Gasteiger partial charge in [0.2, 0.25) is 0 Å². The Labute approximate surface area is 177 Å². The zero-order valence-electron chi connectivity index (χ0n) is 14.8. The molecule has 1 fully saturated rings. The van der Waals surface area contributed by atoms with E-state index in [-0.39, 0.29) is 18.4 Å². The van der Waals surface area contributed by atoms with Gasteiger partial charge in [-0.1, -0.05) is 40.9 Å². The van der Waals surface area contributed by atoms with Gasteiger partial charge in [0.15, 0.2) is 12.3 Å². The van der Waals surface area contributed by atoms with Gasteiger partial charge >= 0.3 is 0 Å². The quantitative estimate of drug-likeness (QED) is 0.563. The molecule has 1 aromatic carbocycles. The van der Waals surface area contributed by atoms with E-state index >= 15 is 0 Å². The number of aromatic nitrogens is 3. The van der Waals surface area contributed by atoms with E-state index in [0.717, 1.165) is 24.3 Å². The Morgan fingerprint density at radius 2 is 1.96 bits per heavy atom. The summed E-state index contributed by atoms with van der Waals surface area (Å²) < 4.78 is 7.56. The van der Waals surface area contributed by atoms with Gasteiger partial charge in [0.1, 0.15) is 11.6 Å². The van der Waals surface area contributed by atoms with E-state index in [0.29, 0.717) is 33.9 Å². The number of hydrogen-bond acceptors (Lipinski definition) is 4. The van der Waals surface area contributed by atoms with Gasteiger partial charge in [0, 0.05) is 31.3 Å². The van der Waals surface area contributed by atoms with Crippen molar-refractivity contribution in [3.63, 3.8) is 0 Å². The van der Waals surface area contributed by atoms with Crippen LogP contribution in [-0.4, -0.2) is 45.1 Å². The van der Waals surface area contributed by atoms with Crippen molar-refractivity contribution >= 4 is 46.4 Å². The molecule has 0 N–H and O–H groups in total. The van der Waals surface area contributed by atoms with Crippen LogP contribution in [-0.2, 0) is 4.79 Å². The minimum absolute atomic E-state index is 0.111. The van der Waals surface area contributed by atoms with Crippen molar-refractivity contribution in [3.8, 4) is 5.75 Å². The number of fused-ring (bicyclic) bond motifs is 1. The van der Waals surface area contributed by atoms with Crippen LogP contribution in [0.5, 0.6) is 5.75 Å². The number of ether oxygens (including phenoxy) is 1. The van der Waals surface area contributed by atoms with Crippen LogP contribution in [0.2, 0.25) is 15.1 Å². The number of benzene rings is 1. The van der Waals surface area contributed by atoms with Gasteiger partial charge in [-0.25, -0.2) is 0 Å². The minimum atomic E-state index is -0.120. The fourth-order valence-corrected chi connectivity index (χ4v) is 3.99. The third-order valence-electron chi connectivity index (χ3n) is 4.81. The van der Waals surface area contributed by atoms with E-state index < -0.39 is 0 Å². The number of nitrogens with zero attached hydrogens (tertiary/aromatic N) is 4. The second-order valence-electron chi connectivity index (χ2n) is 6.65. The van der Waals surface area contributed by atoms with Gasteiger partial charge in [-0.05, 0) is 31.0 Å². The fourth-order valence-electron chi connectivity index (χ4n) is 3.40. The first-order valence-corrected chi connectivity index (χ1v) is 10.0. The molecule has 4 rings (SSSR count). The smallest absolute Gasteiger partial charge is 0.260 e. The SMILES string of the molecule is O=C(COc1cc(Cl)c(Cl)cc1Cl)N1CCCC(c2nnc3ccccn23)C1. The molecule has 1 aliphatic heterocycles. The average Bonchev–Trinajstić information content (AvgIpc) is 3.14. The van der Waals surface area contributed by atoms with Crippen molar-refractivity contribution < 1.29 is 9.53 Å². The van der Waals surface area contributed by atoms with E-state index in [1.807, 2.05) is 28.8 Å². The van der Waals surface area contributed by atoms with Crippen LogP contribution < -0.4 is 4.74 Å². The summed E-state index contributed by atoms with van der Waals surface area (Å²) in [5.41, 5.74) is 0.804. The lowest BCUT2D eigenvalue weighted by Crippen LogP contribution is -2.42. The highest BCUT2D eigenvalue weighted by Crippen LogP contribution is 2.34. The second kappa shape index (κ2) is 8.15. The Hall–Kier alpha value is -2.02. The van der Waals surface area contributed by atoms with Crippen LogP contribution in [0.15, 0.2) is 36.5 Å². The maximum Gasteiger partial charge on any atom is 0.260 e. The number of rotatable bonds is 4. The Bertz CT molecular complexity index is 1020. The van der Waals surface area contributed by atoms with E-state index in [9.17, 15) is 4.79 Å². The van der Waals surface area contributed by atoms with Crippen molar-refractivity contribution in [2.75, 3.05) is 19.7 Å². The molecule has 146 valence electrons. The van der Waals surface area contributed by atoms with Crippen molar-refractivity contribution in [1.82, 2.24) is 19.5 Å². The summed E-state index contributed by atoms with van der Waals surface area (Å²) in [6, 6.07) is 8.80. The first-order chi connectivity index (χ1) is 13.5. The van der Waals surface area contributed by atoms with Crippen molar-refractivity contribution in [2.45, 2.75) is 18.8 Å². The Balaban J connectivity index is 1.43. The van der Waals surface area contributed by atoms with Gasteiger partial charge in [0.25, 0.3) is 5.91 Å². The maximum absolute atomic E-state index is 12.7. The number of likely N-dealkylation sites (tertiary alicyclic amines) is 1. The highest BCUT2D eigenvalue weighted by Gasteiger charge is 2.28. The van der Waals surface area contributed by atoms with E-state index in [1.165, 1.54) is 12.1 Å². The molecular weight excluding hydrogens is 423 g/mol. The Morgan fingerprint density at radius 3 is 2.82 bits per heavy atom. The summed E-state index contributed by atoms with van der Waals surface area (Å²) in [6.07, 6.45) is 3.80. The summed E-state index contributed by atoms with van der Waals surface area (Å²) in [5.74, 6) is 1.23. The number of carbonyl (C=O) groups excluding carboxylic acids is 1. The molecule has 0 saturated carbocycles. The predicted molar refractivity (Wildman–Crippen MR) is 109 cm³/mol. The number of carbonyl (C=O) groups is 1. The minimum Gasteiger partial charge on any atom is -0.482 e. The normalized spacial score (nSPS) is 17.1. The lowest BCUT2D eigenvalue weighted by atomic mass is 9.97. The third-order valence-corrected chi connectivity index (χ3v) is 5.82. The van der Waals surface area contributed by atoms with Crippen LogP contribution in [0, 0.1) is 0 Å². The Morgan fingerprint density at radius 1 is 1.14 bits per heavy atom. The molecule has 1 unspecified atom stereocenters. The second-order valence-corrected chi connectivity index (χ2v) is 7.87. The van der Waals surface area contributed by atoms with E-state index in [1.54, 1.807) is 4.90 Å². The van der Waals surface area contributed by atoms with Gasteiger partial charge in [-0.3, -0.25) is 9.20 Å². The molecule has 2 aromatic heterocycles. The van der Waals surface area contributed by atoms with Gasteiger partial charge in [-0.2, -0.15) is 0 Å². The molecule has 0 aliphatic carbocycles. The molecule has 1 atom stereocenters. The lowest BCUT2D eigenvalue weighted by molar-refractivity contribution is -0.134. The molecule has 6 nitrogen and oxygen atoms in total. The third kappa shape index (κ3) is 3.90. The standard InChI is InChI=1S/C19H17Cl3N4O2/c20-13-8-15(22)16(9-14(13)21)28-11-18(27)25-6-3-4-12(10-25)19-24-23-17-5-1-2-7-26(17)19/h1-2,5,7-9,12H,3-4,6,10-11H2.